The second-order valence-electron chi connectivity index (χ2n) is 3.95. The Hall–Kier alpha value is -1.60. The van der Waals surface area contributed by atoms with Gasteiger partial charge in [0.05, 0.1) is 24.1 Å². The Balaban J connectivity index is 2.17. The lowest BCUT2D eigenvalue weighted by Gasteiger charge is -2.09. The average molecular weight is 357 g/mol. The van der Waals surface area contributed by atoms with E-state index >= 15 is 0 Å². The van der Waals surface area contributed by atoms with E-state index in [9.17, 15) is 10.1 Å². The van der Waals surface area contributed by atoms with Gasteiger partial charge in [-0.3, -0.25) is 10.1 Å². The number of halogens is 1. The lowest BCUT2D eigenvalue weighted by Crippen LogP contribution is -2.01. The number of nitrogens with one attached hydrogen (secondary N) is 1. The molecule has 1 aromatic carbocycles. The van der Waals surface area contributed by atoms with E-state index < -0.39 is 4.92 Å². The van der Waals surface area contributed by atoms with Gasteiger partial charge in [0.25, 0.3) is 5.69 Å². The molecule has 0 saturated carbocycles. The first-order valence-corrected chi connectivity index (χ1v) is 7.65. The Labute approximate surface area is 128 Å². The first-order valence-electron chi connectivity index (χ1n) is 5.98. The molecule has 1 N–H and O–H groups in total. The molecule has 0 spiro atoms. The van der Waals surface area contributed by atoms with Gasteiger partial charge in [-0.1, -0.05) is 0 Å². The molecule has 0 aliphatic heterocycles. The van der Waals surface area contributed by atoms with Gasteiger partial charge in [0, 0.05) is 27.2 Å². The Morgan fingerprint density at radius 2 is 2.25 bits per heavy atom. The van der Waals surface area contributed by atoms with Crippen molar-refractivity contribution in [2.45, 2.75) is 13.5 Å². The van der Waals surface area contributed by atoms with E-state index in [-0.39, 0.29) is 5.69 Å². The van der Waals surface area contributed by atoms with Crippen molar-refractivity contribution in [2.24, 2.45) is 0 Å². The topological polar surface area (TPSA) is 64.4 Å². The van der Waals surface area contributed by atoms with Gasteiger partial charge in [-0.15, -0.1) is 11.3 Å². The fourth-order valence-corrected chi connectivity index (χ4v) is 3.11. The number of thiophene rings is 1. The number of hydrogen-bond donors (Lipinski definition) is 1. The molecule has 7 heteroatoms. The van der Waals surface area contributed by atoms with Crippen LogP contribution in [0.25, 0.3) is 0 Å². The molecule has 0 fully saturated rings. The molecule has 0 aliphatic rings. The van der Waals surface area contributed by atoms with Gasteiger partial charge in [-0.2, -0.15) is 0 Å². The van der Waals surface area contributed by atoms with Crippen LogP contribution in [0.5, 0.6) is 5.75 Å². The molecular formula is C13H13BrN2O3S. The maximum atomic E-state index is 10.9. The number of hydrogen-bond acceptors (Lipinski definition) is 5. The quantitative estimate of drug-likeness (QED) is 0.614. The highest BCUT2D eigenvalue weighted by molar-refractivity contribution is 9.10. The first-order chi connectivity index (χ1) is 9.60. The SMILES string of the molecule is CCOc1cc(NCc2sccc2Br)cc([N+](=O)[O-])c1. The van der Waals surface area contributed by atoms with Crippen molar-refractivity contribution in [3.63, 3.8) is 0 Å². The van der Waals surface area contributed by atoms with Crippen molar-refractivity contribution in [3.05, 3.63) is 49.1 Å². The molecule has 0 bridgehead atoms. The standard InChI is InChI=1S/C13H13BrN2O3S/c1-2-19-11-6-9(5-10(7-11)16(17)18)15-8-13-12(14)3-4-20-13/h3-7,15H,2,8H2,1H3. The largest absolute Gasteiger partial charge is 0.494 e. The lowest BCUT2D eigenvalue weighted by atomic mass is 10.2. The number of rotatable bonds is 6. The Morgan fingerprint density at radius 1 is 1.45 bits per heavy atom. The molecule has 0 unspecified atom stereocenters. The van der Waals surface area contributed by atoms with Crippen LogP contribution in [-0.4, -0.2) is 11.5 Å². The fourth-order valence-electron chi connectivity index (χ4n) is 1.67. The van der Waals surface area contributed by atoms with Crippen LogP contribution in [-0.2, 0) is 6.54 Å². The van der Waals surface area contributed by atoms with Crippen LogP contribution in [0.1, 0.15) is 11.8 Å². The summed E-state index contributed by atoms with van der Waals surface area (Å²) in [5.74, 6) is 0.495. The summed E-state index contributed by atoms with van der Waals surface area (Å²) >= 11 is 5.07. The van der Waals surface area contributed by atoms with Crippen molar-refractivity contribution >= 4 is 38.6 Å². The smallest absolute Gasteiger partial charge is 0.275 e. The van der Waals surface area contributed by atoms with Gasteiger partial charge >= 0.3 is 0 Å². The van der Waals surface area contributed by atoms with Crippen molar-refractivity contribution in [1.82, 2.24) is 0 Å². The van der Waals surface area contributed by atoms with E-state index in [4.69, 9.17) is 4.74 Å². The maximum absolute atomic E-state index is 10.9. The number of nitro benzene ring substituents is 1. The van der Waals surface area contributed by atoms with Gasteiger partial charge in [0.2, 0.25) is 0 Å². The molecule has 106 valence electrons. The molecule has 1 aromatic heterocycles. The van der Waals surface area contributed by atoms with Crippen LogP contribution in [0.15, 0.2) is 34.1 Å². The summed E-state index contributed by atoms with van der Waals surface area (Å²) in [5.41, 5.74) is 0.687. The number of anilines is 1. The van der Waals surface area contributed by atoms with E-state index in [0.717, 1.165) is 9.35 Å². The molecule has 2 aromatic rings. The third-order valence-corrected chi connectivity index (χ3v) is 4.48. The predicted octanol–water partition coefficient (Wildman–Crippen LogP) is 4.43. The Kier molecular flexibility index (Phi) is 4.97. The van der Waals surface area contributed by atoms with E-state index in [2.05, 4.69) is 21.2 Å². The van der Waals surface area contributed by atoms with Crippen LogP contribution in [0.3, 0.4) is 0 Å². The van der Waals surface area contributed by atoms with Crippen molar-refractivity contribution < 1.29 is 9.66 Å². The second-order valence-corrected chi connectivity index (χ2v) is 5.81. The molecule has 5 nitrogen and oxygen atoms in total. The first kappa shape index (κ1) is 14.8. The summed E-state index contributed by atoms with van der Waals surface area (Å²) < 4.78 is 6.38. The van der Waals surface area contributed by atoms with E-state index in [1.54, 1.807) is 17.4 Å². The lowest BCUT2D eigenvalue weighted by molar-refractivity contribution is -0.384. The van der Waals surface area contributed by atoms with Gasteiger partial charge in [-0.05, 0) is 34.3 Å². The van der Waals surface area contributed by atoms with Crippen LogP contribution >= 0.6 is 27.3 Å². The van der Waals surface area contributed by atoms with Crippen molar-refractivity contribution in [3.8, 4) is 5.75 Å². The molecule has 0 aliphatic carbocycles. The van der Waals surface area contributed by atoms with Crippen LogP contribution in [0.2, 0.25) is 0 Å². The van der Waals surface area contributed by atoms with Crippen molar-refractivity contribution in [1.29, 1.82) is 0 Å². The number of ether oxygens (including phenoxy) is 1. The number of nitrogens with zero attached hydrogens (tertiary/aromatic N) is 1. The number of benzene rings is 1. The summed E-state index contributed by atoms with van der Waals surface area (Å²) in [6.07, 6.45) is 0. The zero-order valence-electron chi connectivity index (χ0n) is 10.8. The Morgan fingerprint density at radius 3 is 2.85 bits per heavy atom. The van der Waals surface area contributed by atoms with Crippen LogP contribution in [0, 0.1) is 10.1 Å². The maximum Gasteiger partial charge on any atom is 0.275 e. The summed E-state index contributed by atoms with van der Waals surface area (Å²) in [4.78, 5) is 11.6. The molecule has 1 heterocycles. The second kappa shape index (κ2) is 6.71. The molecule has 0 radical (unpaired) electrons. The minimum absolute atomic E-state index is 0.0173. The van der Waals surface area contributed by atoms with E-state index in [1.807, 2.05) is 18.4 Å². The third-order valence-electron chi connectivity index (χ3n) is 2.56. The minimum Gasteiger partial charge on any atom is -0.494 e. The van der Waals surface area contributed by atoms with E-state index in [1.165, 1.54) is 12.1 Å². The fraction of sp³-hybridized carbons (Fsp3) is 0.231. The van der Waals surface area contributed by atoms with E-state index in [0.29, 0.717) is 24.6 Å². The molecular weight excluding hydrogens is 344 g/mol. The van der Waals surface area contributed by atoms with Gasteiger partial charge in [0.1, 0.15) is 5.75 Å². The molecule has 2 rings (SSSR count). The van der Waals surface area contributed by atoms with Crippen LogP contribution < -0.4 is 10.1 Å². The number of non-ortho nitro benzene ring substituents is 1. The molecule has 0 atom stereocenters. The predicted molar refractivity (Wildman–Crippen MR) is 83.6 cm³/mol. The summed E-state index contributed by atoms with van der Waals surface area (Å²) in [6, 6.07) is 6.67. The third kappa shape index (κ3) is 3.71. The average Bonchev–Trinajstić information content (AvgIpc) is 2.82. The highest BCUT2D eigenvalue weighted by atomic mass is 79.9. The highest BCUT2D eigenvalue weighted by Gasteiger charge is 2.11. The molecule has 20 heavy (non-hydrogen) atoms. The van der Waals surface area contributed by atoms with Gasteiger partial charge in [0.15, 0.2) is 0 Å². The summed E-state index contributed by atoms with van der Waals surface area (Å²) in [5, 5.41) is 16.1. The summed E-state index contributed by atoms with van der Waals surface area (Å²) in [7, 11) is 0. The monoisotopic (exact) mass is 356 g/mol. The number of nitro groups is 1. The van der Waals surface area contributed by atoms with Crippen molar-refractivity contribution in [2.75, 3.05) is 11.9 Å². The van der Waals surface area contributed by atoms with Crippen LogP contribution in [0.4, 0.5) is 11.4 Å². The normalized spacial score (nSPS) is 10.3. The Bertz CT molecular complexity index is 615. The zero-order valence-corrected chi connectivity index (χ0v) is 13.2. The summed E-state index contributed by atoms with van der Waals surface area (Å²) in [6.45, 7) is 2.91. The minimum atomic E-state index is -0.422. The van der Waals surface area contributed by atoms with Gasteiger partial charge < -0.3 is 10.1 Å². The van der Waals surface area contributed by atoms with Gasteiger partial charge in [-0.25, -0.2) is 0 Å². The highest BCUT2D eigenvalue weighted by Crippen LogP contribution is 2.28. The molecule has 0 amide bonds. The zero-order chi connectivity index (χ0) is 14.5. The molecule has 0 saturated heterocycles.